The van der Waals surface area contributed by atoms with Gasteiger partial charge in [0.15, 0.2) is 0 Å². The zero-order valence-electron chi connectivity index (χ0n) is 16.0. The SMILES string of the molecule is COC(=O)c1c(C)[nH]c(C(=O)Nc2cccc(S(=O)(=O)N3CCCC3)c2)c1C. The van der Waals surface area contributed by atoms with Gasteiger partial charge in [-0.15, -0.1) is 0 Å². The van der Waals surface area contributed by atoms with Crippen molar-refractivity contribution in [1.29, 1.82) is 0 Å². The van der Waals surface area contributed by atoms with Crippen molar-refractivity contribution in [3.63, 3.8) is 0 Å². The van der Waals surface area contributed by atoms with Gasteiger partial charge in [0, 0.05) is 24.5 Å². The first kappa shape index (κ1) is 20.1. The predicted octanol–water partition coefficient (Wildman–Crippen LogP) is 2.45. The second-order valence-corrected chi connectivity index (χ2v) is 8.65. The third-order valence-corrected chi connectivity index (χ3v) is 6.74. The third-order valence-electron chi connectivity index (χ3n) is 4.85. The maximum Gasteiger partial charge on any atom is 0.339 e. The quantitative estimate of drug-likeness (QED) is 0.743. The minimum absolute atomic E-state index is 0.141. The molecular weight excluding hydrogens is 382 g/mol. The molecule has 2 N–H and O–H groups in total. The lowest BCUT2D eigenvalue weighted by Gasteiger charge is -2.16. The number of carbonyl (C=O) groups excluding carboxylic acids is 2. The van der Waals surface area contributed by atoms with E-state index in [1.807, 2.05) is 0 Å². The van der Waals surface area contributed by atoms with Crippen LogP contribution in [0.3, 0.4) is 0 Å². The summed E-state index contributed by atoms with van der Waals surface area (Å²) in [5.74, 6) is -0.990. The first-order chi connectivity index (χ1) is 13.3. The number of amides is 1. The molecule has 150 valence electrons. The van der Waals surface area contributed by atoms with E-state index in [0.717, 1.165) is 12.8 Å². The largest absolute Gasteiger partial charge is 0.465 e. The molecule has 1 aliphatic heterocycles. The number of hydrogen-bond acceptors (Lipinski definition) is 5. The lowest BCUT2D eigenvalue weighted by Crippen LogP contribution is -2.28. The van der Waals surface area contributed by atoms with Crippen molar-refractivity contribution in [3.05, 3.63) is 46.8 Å². The molecule has 28 heavy (non-hydrogen) atoms. The third kappa shape index (κ3) is 3.67. The number of esters is 1. The number of ether oxygens (including phenoxy) is 1. The molecule has 0 radical (unpaired) electrons. The van der Waals surface area contributed by atoms with E-state index in [1.54, 1.807) is 26.0 Å². The number of anilines is 1. The van der Waals surface area contributed by atoms with E-state index in [1.165, 1.54) is 23.5 Å². The van der Waals surface area contributed by atoms with E-state index in [9.17, 15) is 18.0 Å². The van der Waals surface area contributed by atoms with Crippen LogP contribution in [0.15, 0.2) is 29.2 Å². The smallest absolute Gasteiger partial charge is 0.339 e. The Morgan fingerprint density at radius 2 is 1.86 bits per heavy atom. The van der Waals surface area contributed by atoms with Crippen LogP contribution in [0.2, 0.25) is 0 Å². The van der Waals surface area contributed by atoms with Crippen LogP contribution in [0.25, 0.3) is 0 Å². The van der Waals surface area contributed by atoms with Gasteiger partial charge < -0.3 is 15.0 Å². The van der Waals surface area contributed by atoms with Crippen molar-refractivity contribution in [2.45, 2.75) is 31.6 Å². The van der Waals surface area contributed by atoms with E-state index in [-0.39, 0.29) is 10.6 Å². The van der Waals surface area contributed by atoms with E-state index in [4.69, 9.17) is 4.74 Å². The zero-order valence-corrected chi connectivity index (χ0v) is 16.9. The van der Waals surface area contributed by atoms with Crippen LogP contribution in [0.1, 0.15) is 44.9 Å². The molecule has 1 fully saturated rings. The standard InChI is InChI=1S/C19H23N3O5S/c1-12-16(19(24)27-3)13(2)20-17(12)18(23)21-14-7-6-8-15(11-14)28(25,26)22-9-4-5-10-22/h6-8,11,20H,4-5,9-10H2,1-3H3,(H,21,23). The Balaban J connectivity index is 1.85. The number of sulfonamides is 1. The summed E-state index contributed by atoms with van der Waals surface area (Å²) < 4.78 is 31.6. The molecule has 0 saturated carbocycles. The molecule has 8 nitrogen and oxygen atoms in total. The Morgan fingerprint density at radius 1 is 1.18 bits per heavy atom. The molecule has 1 aromatic heterocycles. The second kappa shape index (κ2) is 7.76. The highest BCUT2D eigenvalue weighted by molar-refractivity contribution is 7.89. The van der Waals surface area contributed by atoms with E-state index in [0.29, 0.717) is 35.6 Å². The molecule has 3 rings (SSSR count). The molecule has 0 spiro atoms. The first-order valence-electron chi connectivity index (χ1n) is 8.94. The number of aromatic amines is 1. The number of nitrogens with zero attached hydrogens (tertiary/aromatic N) is 1. The minimum Gasteiger partial charge on any atom is -0.465 e. The number of aryl methyl sites for hydroxylation is 1. The zero-order chi connectivity index (χ0) is 20.5. The fraction of sp³-hybridized carbons (Fsp3) is 0.368. The Kier molecular flexibility index (Phi) is 5.57. The van der Waals surface area contributed by atoms with Crippen LogP contribution >= 0.6 is 0 Å². The van der Waals surface area contributed by atoms with E-state index in [2.05, 4.69) is 10.3 Å². The highest BCUT2D eigenvalue weighted by Gasteiger charge is 2.27. The molecular formula is C19H23N3O5S. The molecule has 0 unspecified atom stereocenters. The summed E-state index contributed by atoms with van der Waals surface area (Å²) in [5, 5.41) is 2.69. The van der Waals surface area contributed by atoms with Gasteiger partial charge >= 0.3 is 5.97 Å². The number of methoxy groups -OCH3 is 1. The number of aromatic nitrogens is 1. The second-order valence-electron chi connectivity index (χ2n) is 6.71. The van der Waals surface area contributed by atoms with Gasteiger partial charge in [0.05, 0.1) is 17.6 Å². The summed E-state index contributed by atoms with van der Waals surface area (Å²) in [7, 11) is -2.30. The molecule has 1 saturated heterocycles. The molecule has 9 heteroatoms. The summed E-state index contributed by atoms with van der Waals surface area (Å²) in [6.45, 7) is 4.35. The molecule has 0 atom stereocenters. The van der Waals surface area contributed by atoms with Crippen molar-refractivity contribution in [3.8, 4) is 0 Å². The van der Waals surface area contributed by atoms with Crippen LogP contribution in [0.5, 0.6) is 0 Å². The van der Waals surface area contributed by atoms with Crippen LogP contribution in [0, 0.1) is 13.8 Å². The van der Waals surface area contributed by atoms with Crippen molar-refractivity contribution in [2.24, 2.45) is 0 Å². The average molecular weight is 405 g/mol. The van der Waals surface area contributed by atoms with E-state index >= 15 is 0 Å². The summed E-state index contributed by atoms with van der Waals surface area (Å²) in [5.41, 5.74) is 1.91. The van der Waals surface area contributed by atoms with Gasteiger partial charge in [-0.1, -0.05) is 6.07 Å². The normalized spacial score (nSPS) is 14.8. The minimum atomic E-state index is -3.57. The highest BCUT2D eigenvalue weighted by Crippen LogP contribution is 2.24. The lowest BCUT2D eigenvalue weighted by molar-refractivity contribution is 0.0599. The van der Waals surface area contributed by atoms with Crippen LogP contribution in [-0.4, -0.2) is 49.8 Å². The number of rotatable bonds is 5. The van der Waals surface area contributed by atoms with Crippen LogP contribution in [0.4, 0.5) is 5.69 Å². The van der Waals surface area contributed by atoms with Gasteiger partial charge in [-0.25, -0.2) is 13.2 Å². The van der Waals surface area contributed by atoms with Crippen molar-refractivity contribution in [1.82, 2.24) is 9.29 Å². The van der Waals surface area contributed by atoms with Gasteiger partial charge in [-0.3, -0.25) is 4.79 Å². The first-order valence-corrected chi connectivity index (χ1v) is 10.4. The predicted molar refractivity (Wildman–Crippen MR) is 104 cm³/mol. The molecule has 2 aromatic rings. The van der Waals surface area contributed by atoms with Crippen LogP contribution < -0.4 is 5.32 Å². The molecule has 1 amide bonds. The highest BCUT2D eigenvalue weighted by atomic mass is 32.2. The average Bonchev–Trinajstić information content (AvgIpc) is 3.30. The number of hydrogen-bond donors (Lipinski definition) is 2. The van der Waals surface area contributed by atoms with Gasteiger partial charge in [0.1, 0.15) is 5.69 Å². The summed E-state index contributed by atoms with van der Waals surface area (Å²) in [6.07, 6.45) is 1.70. The summed E-state index contributed by atoms with van der Waals surface area (Å²) >= 11 is 0. The van der Waals surface area contributed by atoms with Crippen LogP contribution in [-0.2, 0) is 14.8 Å². The topological polar surface area (TPSA) is 109 Å². The monoisotopic (exact) mass is 405 g/mol. The summed E-state index contributed by atoms with van der Waals surface area (Å²) in [6, 6.07) is 6.17. The molecule has 0 aliphatic carbocycles. The fourth-order valence-electron chi connectivity index (χ4n) is 3.39. The van der Waals surface area contributed by atoms with Crippen molar-refractivity contribution in [2.75, 3.05) is 25.5 Å². The van der Waals surface area contributed by atoms with Crippen molar-refractivity contribution >= 4 is 27.6 Å². The molecule has 1 aliphatic rings. The maximum absolute atomic E-state index is 12.7. The number of benzene rings is 1. The van der Waals surface area contributed by atoms with Gasteiger partial charge in [-0.2, -0.15) is 4.31 Å². The Morgan fingerprint density at radius 3 is 2.50 bits per heavy atom. The Hall–Kier alpha value is -2.65. The van der Waals surface area contributed by atoms with Crippen molar-refractivity contribution < 1.29 is 22.7 Å². The Labute approximate surface area is 163 Å². The van der Waals surface area contributed by atoms with Gasteiger partial charge in [-0.05, 0) is 50.5 Å². The Bertz CT molecular complexity index is 1020. The van der Waals surface area contributed by atoms with E-state index < -0.39 is 21.9 Å². The van der Waals surface area contributed by atoms with Gasteiger partial charge in [0.2, 0.25) is 10.0 Å². The number of carbonyl (C=O) groups is 2. The lowest BCUT2D eigenvalue weighted by atomic mass is 10.1. The molecule has 2 heterocycles. The maximum atomic E-state index is 12.7. The van der Waals surface area contributed by atoms with Gasteiger partial charge in [0.25, 0.3) is 5.91 Å². The number of nitrogens with one attached hydrogen (secondary N) is 2. The molecule has 1 aromatic carbocycles. The molecule has 0 bridgehead atoms. The number of H-pyrrole nitrogens is 1. The summed E-state index contributed by atoms with van der Waals surface area (Å²) in [4.78, 5) is 27.6. The fourth-order valence-corrected chi connectivity index (χ4v) is 4.95.